The van der Waals surface area contributed by atoms with Gasteiger partial charge in [0.05, 0.1) is 25.6 Å². The lowest BCUT2D eigenvalue weighted by Crippen LogP contribution is -2.32. The predicted octanol–water partition coefficient (Wildman–Crippen LogP) is 0.698. The molecule has 144 valence electrons. The second kappa shape index (κ2) is 8.59. The van der Waals surface area contributed by atoms with Crippen molar-refractivity contribution in [1.82, 2.24) is 19.5 Å². The number of aliphatic hydroxyl groups is 1. The Kier molecular flexibility index (Phi) is 6.19. The molecule has 1 saturated heterocycles. The Morgan fingerprint density at radius 2 is 2.33 bits per heavy atom. The third-order valence-electron chi connectivity index (χ3n) is 4.17. The fraction of sp³-hybridized carbons (Fsp3) is 0.467. The van der Waals surface area contributed by atoms with E-state index in [2.05, 4.69) is 26.8 Å². The van der Waals surface area contributed by atoms with Crippen LogP contribution in [0.2, 0.25) is 0 Å². The second-order valence-corrected chi connectivity index (χ2v) is 6.54. The molecule has 1 aliphatic rings. The number of rotatable bonds is 8. The Morgan fingerprint density at radius 1 is 1.52 bits per heavy atom. The lowest BCUT2D eigenvalue weighted by molar-refractivity contribution is -0.116. The number of allylic oxidation sites excluding steroid dienone is 1. The number of anilines is 1. The minimum atomic E-state index is -2.89. The highest BCUT2D eigenvalue weighted by atomic mass is 31.1. The van der Waals surface area contributed by atoms with Crippen LogP contribution in [0.1, 0.15) is 18.9 Å². The minimum absolute atomic E-state index is 0.134. The number of amides is 1. The molecule has 27 heavy (non-hydrogen) atoms. The summed E-state index contributed by atoms with van der Waals surface area (Å²) in [6, 6.07) is -0.530. The van der Waals surface area contributed by atoms with Gasteiger partial charge < -0.3 is 19.7 Å². The summed E-state index contributed by atoms with van der Waals surface area (Å²) in [6.45, 7) is 3.35. The maximum atomic E-state index is 12.0. The summed E-state index contributed by atoms with van der Waals surface area (Å²) in [7, 11) is -2.89. The van der Waals surface area contributed by atoms with Crippen LogP contribution in [0.25, 0.3) is 11.2 Å². The first-order valence-corrected chi connectivity index (χ1v) is 9.31. The molecule has 0 aromatic carbocycles. The van der Waals surface area contributed by atoms with Gasteiger partial charge in [0.25, 0.3) is 0 Å². The topological polar surface area (TPSA) is 149 Å². The monoisotopic (exact) mass is 396 g/mol. The molecule has 0 aliphatic carbocycles. The average molecular weight is 396 g/mol. The molecule has 3 rings (SSSR count). The Bertz CT molecular complexity index is 858. The molecule has 2 aromatic heterocycles. The van der Waals surface area contributed by atoms with Crippen molar-refractivity contribution in [2.24, 2.45) is 0 Å². The van der Waals surface area contributed by atoms with E-state index >= 15 is 0 Å². The van der Waals surface area contributed by atoms with E-state index in [4.69, 9.17) is 14.2 Å². The van der Waals surface area contributed by atoms with E-state index in [0.717, 1.165) is 0 Å². The van der Waals surface area contributed by atoms with Crippen LogP contribution in [0, 0.1) is 0 Å². The Balaban J connectivity index is 1.90. The standard InChI is InChI=1S/C15H18N5O6P/c1-2-3-4-11(22)19-14-12-15(17-7-16-14)20(8-18-12)9-6-25-10(5-21)13(9)26-27(23)24/h2,7-10,13,21H,1,3-6H2,(H-,16,17,19,22,23,24)/p+1/t9-,10-,13+/m1/s1. The molecule has 11 nitrogen and oxygen atoms in total. The fourth-order valence-electron chi connectivity index (χ4n) is 2.91. The number of ether oxygens (including phenoxy) is 1. The molecule has 0 radical (unpaired) electrons. The number of aliphatic hydroxyl groups excluding tert-OH is 1. The van der Waals surface area contributed by atoms with E-state index in [0.29, 0.717) is 17.6 Å². The molecule has 0 saturated carbocycles. The second-order valence-electron chi connectivity index (χ2n) is 5.85. The van der Waals surface area contributed by atoms with E-state index in [1.54, 1.807) is 10.6 Å². The van der Waals surface area contributed by atoms with Crippen molar-refractivity contribution in [3.05, 3.63) is 25.3 Å². The largest absolute Gasteiger partial charge is 0.695 e. The number of fused-ring (bicyclic) bond motifs is 1. The molecular formula is C15H19N5O6P+. The lowest BCUT2D eigenvalue weighted by atomic mass is 10.1. The summed E-state index contributed by atoms with van der Waals surface area (Å²) < 4.78 is 23.3. The van der Waals surface area contributed by atoms with E-state index in [1.807, 2.05) is 0 Å². The lowest BCUT2D eigenvalue weighted by Gasteiger charge is -2.17. The Morgan fingerprint density at radius 3 is 3.04 bits per heavy atom. The number of nitrogens with one attached hydrogen (secondary N) is 1. The minimum Gasteiger partial charge on any atom is -0.394 e. The van der Waals surface area contributed by atoms with Crippen molar-refractivity contribution in [2.45, 2.75) is 31.1 Å². The van der Waals surface area contributed by atoms with Crippen molar-refractivity contribution >= 4 is 31.1 Å². The number of imidazole rings is 1. The van der Waals surface area contributed by atoms with Crippen molar-refractivity contribution in [3.63, 3.8) is 0 Å². The van der Waals surface area contributed by atoms with Gasteiger partial charge in [0, 0.05) is 11.0 Å². The van der Waals surface area contributed by atoms with Gasteiger partial charge in [-0.2, -0.15) is 0 Å². The first kappa shape index (κ1) is 19.5. The quantitative estimate of drug-likeness (QED) is 0.433. The molecule has 4 atom stereocenters. The van der Waals surface area contributed by atoms with Gasteiger partial charge in [0.15, 0.2) is 23.1 Å². The van der Waals surface area contributed by atoms with E-state index < -0.39 is 26.5 Å². The van der Waals surface area contributed by atoms with Crippen LogP contribution in [-0.4, -0.2) is 60.8 Å². The summed E-state index contributed by atoms with van der Waals surface area (Å²) in [5, 5.41) is 12.1. The summed E-state index contributed by atoms with van der Waals surface area (Å²) in [5.74, 6) is 0.0311. The molecule has 3 heterocycles. The van der Waals surface area contributed by atoms with Crippen LogP contribution < -0.4 is 5.32 Å². The van der Waals surface area contributed by atoms with Crippen LogP contribution >= 0.6 is 8.25 Å². The first-order chi connectivity index (χ1) is 13.0. The van der Waals surface area contributed by atoms with Crippen molar-refractivity contribution < 1.29 is 28.6 Å². The molecule has 1 amide bonds. The molecule has 1 fully saturated rings. The number of hydrogen-bond donors (Lipinski definition) is 3. The van der Waals surface area contributed by atoms with Gasteiger partial charge in [-0.1, -0.05) is 6.08 Å². The normalized spacial score (nSPS) is 22.7. The molecule has 12 heteroatoms. The van der Waals surface area contributed by atoms with E-state index in [9.17, 15) is 14.5 Å². The van der Waals surface area contributed by atoms with Gasteiger partial charge in [-0.3, -0.25) is 4.79 Å². The highest BCUT2D eigenvalue weighted by molar-refractivity contribution is 7.32. The van der Waals surface area contributed by atoms with Crippen molar-refractivity contribution in [2.75, 3.05) is 18.5 Å². The number of carbonyl (C=O) groups excluding carboxylic acids is 1. The first-order valence-electron chi connectivity index (χ1n) is 8.18. The summed E-state index contributed by atoms with van der Waals surface area (Å²) in [5.41, 5.74) is 0.766. The molecule has 2 aromatic rings. The van der Waals surface area contributed by atoms with Gasteiger partial charge in [0.2, 0.25) is 5.91 Å². The fourth-order valence-corrected chi connectivity index (χ4v) is 3.40. The molecule has 1 aliphatic heterocycles. The average Bonchev–Trinajstić information content (AvgIpc) is 3.23. The number of hydrogen-bond acceptors (Lipinski definition) is 8. The Hall–Kier alpha value is -2.30. The summed E-state index contributed by atoms with van der Waals surface area (Å²) >= 11 is 0. The van der Waals surface area contributed by atoms with Crippen LogP contribution in [-0.2, 0) is 18.6 Å². The number of carbonyl (C=O) groups is 1. The third kappa shape index (κ3) is 4.18. The van der Waals surface area contributed by atoms with Crippen LogP contribution in [0.15, 0.2) is 25.3 Å². The predicted molar refractivity (Wildman–Crippen MR) is 93.9 cm³/mol. The molecule has 1 unspecified atom stereocenters. The molecule has 0 spiro atoms. The third-order valence-corrected chi connectivity index (χ3v) is 4.59. The van der Waals surface area contributed by atoms with Crippen LogP contribution in [0.3, 0.4) is 0 Å². The molecular weight excluding hydrogens is 377 g/mol. The SMILES string of the molecule is C=CCCC(=O)Nc1ncnc2c1ncn2[C@@H]1CO[C@H](CO)[C@H]1O[P+](=O)O. The van der Waals surface area contributed by atoms with Gasteiger partial charge >= 0.3 is 8.25 Å². The Labute approximate surface area is 155 Å². The smallest absolute Gasteiger partial charge is 0.394 e. The van der Waals surface area contributed by atoms with Crippen molar-refractivity contribution in [1.29, 1.82) is 0 Å². The van der Waals surface area contributed by atoms with Gasteiger partial charge in [-0.05, 0) is 6.42 Å². The van der Waals surface area contributed by atoms with Crippen LogP contribution in [0.4, 0.5) is 5.82 Å². The van der Waals surface area contributed by atoms with Gasteiger partial charge in [0.1, 0.15) is 12.4 Å². The zero-order valence-electron chi connectivity index (χ0n) is 14.3. The zero-order chi connectivity index (χ0) is 19.4. The number of nitrogens with zero attached hydrogens (tertiary/aromatic N) is 4. The van der Waals surface area contributed by atoms with Crippen molar-refractivity contribution in [3.8, 4) is 0 Å². The summed E-state index contributed by atoms with van der Waals surface area (Å²) in [6.07, 6.45) is 3.59. The van der Waals surface area contributed by atoms with E-state index in [1.165, 1.54) is 12.7 Å². The van der Waals surface area contributed by atoms with Gasteiger partial charge in [-0.15, -0.1) is 16.0 Å². The maximum absolute atomic E-state index is 12.0. The highest BCUT2D eigenvalue weighted by Crippen LogP contribution is 2.35. The van der Waals surface area contributed by atoms with Gasteiger partial charge in [-0.25, -0.2) is 15.0 Å². The maximum Gasteiger partial charge on any atom is 0.695 e. The summed E-state index contributed by atoms with van der Waals surface area (Å²) in [4.78, 5) is 33.6. The molecule has 3 N–H and O–H groups in total. The number of aromatic nitrogens is 4. The highest BCUT2D eigenvalue weighted by Gasteiger charge is 2.45. The van der Waals surface area contributed by atoms with Crippen LogP contribution in [0.5, 0.6) is 0 Å². The zero-order valence-corrected chi connectivity index (χ0v) is 15.2. The van der Waals surface area contributed by atoms with E-state index in [-0.39, 0.29) is 31.4 Å². The molecule has 0 bridgehead atoms.